The monoisotopic (exact) mass is 452 g/mol. The summed E-state index contributed by atoms with van der Waals surface area (Å²) in [7, 11) is 0. The highest BCUT2D eigenvalue weighted by molar-refractivity contribution is 6.05. The summed E-state index contributed by atoms with van der Waals surface area (Å²) in [5, 5.41) is 6.91. The van der Waals surface area contributed by atoms with Crippen molar-refractivity contribution < 1.29 is 14.3 Å². The zero-order valence-corrected chi connectivity index (χ0v) is 19.0. The minimum atomic E-state index is -0.0932. The summed E-state index contributed by atoms with van der Waals surface area (Å²) in [6, 6.07) is 22.9. The molecule has 0 radical (unpaired) electrons. The minimum Gasteiger partial charge on any atom is -0.486 e. The van der Waals surface area contributed by atoms with Crippen LogP contribution in [0.15, 0.2) is 66.7 Å². The average molecular weight is 453 g/mol. The van der Waals surface area contributed by atoms with Crippen molar-refractivity contribution in [1.82, 2.24) is 0 Å². The van der Waals surface area contributed by atoms with Crippen LogP contribution in [-0.2, 0) is 0 Å². The standard InChI is InChI=1S/C29H28N2O3/c32-29(30-21-9-11-24-25(16-21)34-13-12-33-24)20-8-10-23-22(15-20)26-18-6-7-19(14-18)27(26)28(31-23)17-4-2-1-3-5-17/h1-5,8-11,15-16,18-19,26-28,31H,6-7,12-14H2,(H,30,32). The van der Waals surface area contributed by atoms with Crippen molar-refractivity contribution in [2.24, 2.45) is 17.8 Å². The molecule has 7 rings (SSSR count). The molecule has 1 amide bonds. The van der Waals surface area contributed by atoms with Crippen LogP contribution < -0.4 is 20.1 Å². The predicted molar refractivity (Wildman–Crippen MR) is 132 cm³/mol. The second kappa shape index (κ2) is 7.79. The van der Waals surface area contributed by atoms with Crippen LogP contribution in [-0.4, -0.2) is 19.1 Å². The van der Waals surface area contributed by atoms with Crippen molar-refractivity contribution in [1.29, 1.82) is 0 Å². The SMILES string of the molecule is O=C(Nc1ccc2c(c1)OCCO2)c1ccc2c(c1)C1C3CCC(C3)C1C(c1ccccc1)N2. The number of carbonyl (C=O) groups excluding carboxylic acids is 1. The van der Waals surface area contributed by atoms with Gasteiger partial charge in [-0.1, -0.05) is 30.3 Å². The van der Waals surface area contributed by atoms with Gasteiger partial charge in [-0.15, -0.1) is 0 Å². The Hall–Kier alpha value is -3.47. The number of ether oxygens (including phenoxy) is 2. The van der Waals surface area contributed by atoms with E-state index in [1.54, 1.807) is 0 Å². The van der Waals surface area contributed by atoms with E-state index in [-0.39, 0.29) is 5.91 Å². The summed E-state index contributed by atoms with van der Waals surface area (Å²) in [6.07, 6.45) is 3.95. The van der Waals surface area contributed by atoms with Crippen LogP contribution in [0.25, 0.3) is 0 Å². The third kappa shape index (κ3) is 3.17. The first-order valence-electron chi connectivity index (χ1n) is 12.4. The summed E-state index contributed by atoms with van der Waals surface area (Å²) in [5.41, 5.74) is 5.29. The lowest BCUT2D eigenvalue weighted by Gasteiger charge is -2.43. The van der Waals surface area contributed by atoms with Gasteiger partial charge in [0.1, 0.15) is 13.2 Å². The van der Waals surface area contributed by atoms with Crippen molar-refractivity contribution in [2.75, 3.05) is 23.8 Å². The maximum atomic E-state index is 13.2. The Bertz CT molecular complexity index is 1260. The molecule has 2 saturated carbocycles. The molecule has 2 bridgehead atoms. The Kier molecular flexibility index (Phi) is 4.57. The molecule has 3 aromatic carbocycles. The molecule has 5 unspecified atom stereocenters. The first kappa shape index (κ1) is 20.0. The number of amides is 1. The fraction of sp³-hybridized carbons (Fsp3) is 0.345. The highest BCUT2D eigenvalue weighted by Crippen LogP contribution is 2.63. The largest absolute Gasteiger partial charge is 0.486 e. The van der Waals surface area contributed by atoms with E-state index in [9.17, 15) is 4.79 Å². The molecule has 2 aliphatic heterocycles. The number of hydrogen-bond acceptors (Lipinski definition) is 4. The first-order chi connectivity index (χ1) is 16.7. The van der Waals surface area contributed by atoms with Crippen molar-refractivity contribution >= 4 is 17.3 Å². The van der Waals surface area contributed by atoms with Gasteiger partial charge in [0.15, 0.2) is 11.5 Å². The number of hydrogen-bond donors (Lipinski definition) is 2. The van der Waals surface area contributed by atoms with Crippen LogP contribution in [0.1, 0.15) is 52.7 Å². The molecule has 0 saturated heterocycles. The molecule has 172 valence electrons. The second-order valence-electron chi connectivity index (χ2n) is 10.1. The summed E-state index contributed by atoms with van der Waals surface area (Å²) in [5.74, 6) is 3.89. The molecule has 2 N–H and O–H groups in total. The van der Waals surface area contributed by atoms with Gasteiger partial charge in [0.05, 0.1) is 6.04 Å². The Morgan fingerprint density at radius 3 is 2.59 bits per heavy atom. The number of benzene rings is 3. The van der Waals surface area contributed by atoms with E-state index in [0.29, 0.717) is 48.1 Å². The average Bonchev–Trinajstić information content (AvgIpc) is 3.51. The van der Waals surface area contributed by atoms with Crippen LogP contribution in [0, 0.1) is 17.8 Å². The van der Waals surface area contributed by atoms with E-state index in [2.05, 4.69) is 53.1 Å². The van der Waals surface area contributed by atoms with Crippen molar-refractivity contribution in [3.05, 3.63) is 83.4 Å². The fourth-order valence-electron chi connectivity index (χ4n) is 6.94. The number of rotatable bonds is 3. The molecule has 2 aliphatic carbocycles. The zero-order chi connectivity index (χ0) is 22.6. The topological polar surface area (TPSA) is 59.6 Å². The van der Waals surface area contributed by atoms with Crippen LogP contribution in [0.2, 0.25) is 0 Å². The lowest BCUT2D eigenvalue weighted by molar-refractivity contribution is 0.102. The van der Waals surface area contributed by atoms with Crippen LogP contribution >= 0.6 is 0 Å². The summed E-state index contributed by atoms with van der Waals surface area (Å²) >= 11 is 0. The van der Waals surface area contributed by atoms with Gasteiger partial charge in [-0.3, -0.25) is 4.79 Å². The lowest BCUT2D eigenvalue weighted by atomic mass is 9.68. The van der Waals surface area contributed by atoms with Crippen LogP contribution in [0.3, 0.4) is 0 Å². The van der Waals surface area contributed by atoms with Gasteiger partial charge in [-0.05, 0) is 84.4 Å². The maximum Gasteiger partial charge on any atom is 0.255 e. The van der Waals surface area contributed by atoms with E-state index in [0.717, 1.165) is 17.6 Å². The van der Waals surface area contributed by atoms with Gasteiger partial charge in [0.2, 0.25) is 0 Å². The zero-order valence-electron chi connectivity index (χ0n) is 19.0. The quantitative estimate of drug-likeness (QED) is 0.511. The number of fused-ring (bicyclic) bond motifs is 8. The summed E-state index contributed by atoms with van der Waals surface area (Å²) < 4.78 is 11.3. The molecule has 0 aromatic heterocycles. The fourth-order valence-corrected chi connectivity index (χ4v) is 6.94. The molecule has 2 fully saturated rings. The second-order valence-corrected chi connectivity index (χ2v) is 10.1. The van der Waals surface area contributed by atoms with Crippen molar-refractivity contribution in [3.8, 4) is 11.5 Å². The van der Waals surface area contributed by atoms with Gasteiger partial charge in [0, 0.05) is 23.0 Å². The molecule has 3 aromatic rings. The van der Waals surface area contributed by atoms with Gasteiger partial charge in [-0.2, -0.15) is 0 Å². The molecule has 5 heteroatoms. The van der Waals surface area contributed by atoms with Gasteiger partial charge >= 0.3 is 0 Å². The van der Waals surface area contributed by atoms with E-state index in [1.165, 1.54) is 36.1 Å². The third-order valence-electron chi connectivity index (χ3n) is 8.31. The molecular weight excluding hydrogens is 424 g/mol. The maximum absolute atomic E-state index is 13.2. The summed E-state index contributed by atoms with van der Waals surface area (Å²) in [6.45, 7) is 1.08. The summed E-state index contributed by atoms with van der Waals surface area (Å²) in [4.78, 5) is 13.2. The smallest absolute Gasteiger partial charge is 0.255 e. The normalized spacial score (nSPS) is 27.9. The molecule has 5 nitrogen and oxygen atoms in total. The van der Waals surface area contributed by atoms with Gasteiger partial charge in [0.25, 0.3) is 5.91 Å². The van der Waals surface area contributed by atoms with E-state index >= 15 is 0 Å². The molecular formula is C29H28N2O3. The molecule has 4 aliphatic rings. The Balaban J connectivity index is 1.20. The lowest BCUT2D eigenvalue weighted by Crippen LogP contribution is -2.35. The number of carbonyl (C=O) groups is 1. The first-order valence-corrected chi connectivity index (χ1v) is 12.4. The van der Waals surface area contributed by atoms with Crippen molar-refractivity contribution in [2.45, 2.75) is 31.2 Å². The predicted octanol–water partition coefficient (Wildman–Crippen LogP) is 6.01. The number of anilines is 2. The highest BCUT2D eigenvalue weighted by Gasteiger charge is 2.53. The molecule has 5 atom stereocenters. The highest BCUT2D eigenvalue weighted by atomic mass is 16.6. The Morgan fingerprint density at radius 1 is 0.882 bits per heavy atom. The van der Waals surface area contributed by atoms with Gasteiger partial charge in [-0.25, -0.2) is 0 Å². The Morgan fingerprint density at radius 2 is 1.71 bits per heavy atom. The van der Waals surface area contributed by atoms with E-state index in [4.69, 9.17) is 9.47 Å². The van der Waals surface area contributed by atoms with Gasteiger partial charge < -0.3 is 20.1 Å². The third-order valence-corrected chi connectivity index (χ3v) is 8.31. The van der Waals surface area contributed by atoms with Crippen LogP contribution in [0.4, 0.5) is 11.4 Å². The number of nitrogens with one attached hydrogen (secondary N) is 2. The Labute approximate surface area is 199 Å². The van der Waals surface area contributed by atoms with E-state index < -0.39 is 0 Å². The van der Waals surface area contributed by atoms with E-state index in [1.807, 2.05) is 24.3 Å². The molecule has 2 heterocycles. The molecule has 0 spiro atoms. The molecule has 34 heavy (non-hydrogen) atoms. The minimum absolute atomic E-state index is 0.0932. The van der Waals surface area contributed by atoms with Crippen molar-refractivity contribution in [3.63, 3.8) is 0 Å². The van der Waals surface area contributed by atoms with Crippen LogP contribution in [0.5, 0.6) is 11.5 Å².